The zero-order valence-corrected chi connectivity index (χ0v) is 9.17. The summed E-state index contributed by atoms with van der Waals surface area (Å²) >= 11 is 0. The second kappa shape index (κ2) is 3.84. The SMILES string of the molecule is C1CC[C@@H]2[C@@H](C1)CC[C@@H]1CCCN[C@H]12. The zero-order chi connectivity index (χ0) is 9.38. The van der Waals surface area contributed by atoms with Gasteiger partial charge in [-0.15, -0.1) is 0 Å². The maximum absolute atomic E-state index is 3.82. The molecule has 0 aromatic rings. The van der Waals surface area contributed by atoms with Crippen molar-refractivity contribution in [3.8, 4) is 0 Å². The highest BCUT2D eigenvalue weighted by Crippen LogP contribution is 2.44. The summed E-state index contributed by atoms with van der Waals surface area (Å²) in [5, 5.41) is 3.82. The quantitative estimate of drug-likeness (QED) is 0.623. The molecule has 0 unspecified atom stereocenters. The number of rotatable bonds is 0. The summed E-state index contributed by atoms with van der Waals surface area (Å²) in [6.07, 6.45) is 12.1. The Kier molecular flexibility index (Phi) is 2.53. The first kappa shape index (κ1) is 9.21. The Labute approximate surface area is 87.7 Å². The second-order valence-electron chi connectivity index (χ2n) is 5.67. The van der Waals surface area contributed by atoms with Crippen LogP contribution in [0.3, 0.4) is 0 Å². The van der Waals surface area contributed by atoms with Crippen LogP contribution in [0.2, 0.25) is 0 Å². The first-order valence-corrected chi connectivity index (χ1v) is 6.68. The van der Waals surface area contributed by atoms with Crippen molar-refractivity contribution in [2.75, 3.05) is 6.54 Å². The fraction of sp³-hybridized carbons (Fsp3) is 1.00. The van der Waals surface area contributed by atoms with Crippen molar-refractivity contribution < 1.29 is 0 Å². The van der Waals surface area contributed by atoms with E-state index in [2.05, 4.69) is 5.32 Å². The number of nitrogens with one attached hydrogen (secondary N) is 1. The van der Waals surface area contributed by atoms with Crippen molar-refractivity contribution in [3.05, 3.63) is 0 Å². The van der Waals surface area contributed by atoms with Gasteiger partial charge in [-0.2, -0.15) is 0 Å². The summed E-state index contributed by atoms with van der Waals surface area (Å²) in [5.41, 5.74) is 0. The van der Waals surface area contributed by atoms with E-state index >= 15 is 0 Å². The third-order valence-corrected chi connectivity index (χ3v) is 4.98. The van der Waals surface area contributed by atoms with Crippen LogP contribution in [0.4, 0.5) is 0 Å². The standard InChI is InChI=1S/C13H23N/c1-2-6-12-10(4-1)7-8-11-5-3-9-14-13(11)12/h10-14H,1-9H2/t10-,11-,12+,13+/m0/s1. The van der Waals surface area contributed by atoms with E-state index in [1.165, 1.54) is 51.5 Å². The molecule has 0 amide bonds. The van der Waals surface area contributed by atoms with Crippen molar-refractivity contribution in [2.24, 2.45) is 17.8 Å². The molecule has 2 aliphatic carbocycles. The fourth-order valence-corrected chi connectivity index (χ4v) is 4.30. The lowest BCUT2D eigenvalue weighted by molar-refractivity contribution is 0.0618. The molecule has 3 fully saturated rings. The van der Waals surface area contributed by atoms with E-state index in [0.29, 0.717) is 0 Å². The lowest BCUT2D eigenvalue weighted by atomic mass is 9.63. The topological polar surface area (TPSA) is 12.0 Å². The summed E-state index contributed by atoms with van der Waals surface area (Å²) in [6.45, 7) is 1.30. The predicted octanol–water partition coefficient (Wildman–Crippen LogP) is 2.95. The van der Waals surface area contributed by atoms with E-state index in [1.807, 2.05) is 0 Å². The summed E-state index contributed by atoms with van der Waals surface area (Å²) in [5.74, 6) is 3.20. The average molecular weight is 193 g/mol. The fourth-order valence-electron chi connectivity index (χ4n) is 4.30. The largest absolute Gasteiger partial charge is 0.313 e. The Morgan fingerprint density at radius 1 is 0.714 bits per heavy atom. The van der Waals surface area contributed by atoms with Gasteiger partial charge in [0.25, 0.3) is 0 Å². The van der Waals surface area contributed by atoms with Crippen molar-refractivity contribution in [3.63, 3.8) is 0 Å². The molecule has 80 valence electrons. The zero-order valence-electron chi connectivity index (χ0n) is 9.17. The van der Waals surface area contributed by atoms with Crippen LogP contribution in [0, 0.1) is 17.8 Å². The highest BCUT2D eigenvalue weighted by Gasteiger charge is 2.40. The third-order valence-electron chi connectivity index (χ3n) is 4.98. The van der Waals surface area contributed by atoms with Crippen LogP contribution in [-0.4, -0.2) is 12.6 Å². The second-order valence-corrected chi connectivity index (χ2v) is 5.67. The lowest BCUT2D eigenvalue weighted by Crippen LogP contribution is -2.52. The molecule has 0 aromatic heterocycles. The molecule has 3 aliphatic rings. The maximum atomic E-state index is 3.82. The van der Waals surface area contributed by atoms with E-state index in [0.717, 1.165) is 23.8 Å². The summed E-state index contributed by atoms with van der Waals surface area (Å²) in [6, 6.07) is 0.919. The molecular formula is C13H23N. The molecular weight excluding hydrogens is 170 g/mol. The number of hydrogen-bond donors (Lipinski definition) is 1. The lowest BCUT2D eigenvalue weighted by Gasteiger charge is -2.48. The van der Waals surface area contributed by atoms with E-state index in [4.69, 9.17) is 0 Å². The molecule has 0 aromatic carbocycles. The van der Waals surface area contributed by atoms with Crippen molar-refractivity contribution in [1.82, 2.24) is 5.32 Å². The van der Waals surface area contributed by atoms with E-state index in [-0.39, 0.29) is 0 Å². The Hall–Kier alpha value is -0.0400. The Bertz CT molecular complexity index is 179. The first-order valence-electron chi connectivity index (χ1n) is 6.68. The Balaban J connectivity index is 1.74. The Morgan fingerprint density at radius 3 is 2.50 bits per heavy atom. The van der Waals surface area contributed by atoms with Crippen LogP contribution in [0.25, 0.3) is 0 Å². The highest BCUT2D eigenvalue weighted by molar-refractivity contribution is 4.95. The molecule has 0 bridgehead atoms. The molecule has 4 atom stereocenters. The molecule has 0 spiro atoms. The van der Waals surface area contributed by atoms with E-state index in [1.54, 1.807) is 6.42 Å². The van der Waals surface area contributed by atoms with Crippen LogP contribution in [-0.2, 0) is 0 Å². The van der Waals surface area contributed by atoms with Crippen molar-refractivity contribution in [1.29, 1.82) is 0 Å². The van der Waals surface area contributed by atoms with Gasteiger partial charge in [-0.05, 0) is 56.4 Å². The molecule has 1 heterocycles. The molecule has 1 N–H and O–H groups in total. The van der Waals surface area contributed by atoms with Crippen molar-refractivity contribution in [2.45, 2.75) is 57.4 Å². The number of fused-ring (bicyclic) bond motifs is 3. The minimum Gasteiger partial charge on any atom is -0.313 e. The summed E-state index contributed by atoms with van der Waals surface area (Å²) in [4.78, 5) is 0. The molecule has 1 heteroatoms. The smallest absolute Gasteiger partial charge is 0.0126 e. The maximum Gasteiger partial charge on any atom is 0.0126 e. The normalized spacial score (nSPS) is 48.0. The van der Waals surface area contributed by atoms with Crippen LogP contribution < -0.4 is 5.32 Å². The van der Waals surface area contributed by atoms with Crippen molar-refractivity contribution >= 4 is 0 Å². The highest BCUT2D eigenvalue weighted by atomic mass is 14.9. The van der Waals surface area contributed by atoms with Crippen LogP contribution >= 0.6 is 0 Å². The van der Waals surface area contributed by atoms with Gasteiger partial charge in [0.1, 0.15) is 0 Å². The molecule has 2 saturated carbocycles. The van der Waals surface area contributed by atoms with E-state index in [9.17, 15) is 0 Å². The van der Waals surface area contributed by atoms with Crippen LogP contribution in [0.1, 0.15) is 51.4 Å². The van der Waals surface area contributed by atoms with Gasteiger partial charge < -0.3 is 5.32 Å². The van der Waals surface area contributed by atoms with Gasteiger partial charge in [0.05, 0.1) is 0 Å². The molecule has 14 heavy (non-hydrogen) atoms. The Morgan fingerprint density at radius 2 is 1.50 bits per heavy atom. The number of hydrogen-bond acceptors (Lipinski definition) is 1. The number of piperidine rings is 1. The van der Waals surface area contributed by atoms with Gasteiger partial charge in [-0.3, -0.25) is 0 Å². The van der Waals surface area contributed by atoms with Gasteiger partial charge in [-0.25, -0.2) is 0 Å². The van der Waals surface area contributed by atoms with Gasteiger partial charge in [0.15, 0.2) is 0 Å². The van der Waals surface area contributed by atoms with Gasteiger partial charge in [0, 0.05) is 6.04 Å². The van der Waals surface area contributed by atoms with Gasteiger partial charge >= 0.3 is 0 Å². The van der Waals surface area contributed by atoms with E-state index < -0.39 is 0 Å². The molecule has 1 aliphatic heterocycles. The first-order chi connectivity index (χ1) is 6.95. The minimum atomic E-state index is 0.919. The van der Waals surface area contributed by atoms with Gasteiger partial charge in [0.2, 0.25) is 0 Å². The monoisotopic (exact) mass is 193 g/mol. The third kappa shape index (κ3) is 1.50. The molecule has 3 rings (SSSR count). The average Bonchev–Trinajstić information content (AvgIpc) is 2.29. The summed E-state index contributed by atoms with van der Waals surface area (Å²) in [7, 11) is 0. The van der Waals surface area contributed by atoms with Crippen LogP contribution in [0.15, 0.2) is 0 Å². The van der Waals surface area contributed by atoms with Gasteiger partial charge in [-0.1, -0.05) is 19.3 Å². The molecule has 0 radical (unpaired) electrons. The predicted molar refractivity (Wildman–Crippen MR) is 59.2 cm³/mol. The summed E-state index contributed by atoms with van der Waals surface area (Å²) < 4.78 is 0. The van der Waals surface area contributed by atoms with Crippen LogP contribution in [0.5, 0.6) is 0 Å². The minimum absolute atomic E-state index is 0.919. The molecule has 1 nitrogen and oxygen atoms in total. The molecule has 1 saturated heterocycles.